The molecule has 0 radical (unpaired) electrons. The summed E-state index contributed by atoms with van der Waals surface area (Å²) in [6.45, 7) is 6.44. The summed E-state index contributed by atoms with van der Waals surface area (Å²) in [6, 6.07) is 7.27. The lowest BCUT2D eigenvalue weighted by atomic mass is 10.0. The quantitative estimate of drug-likeness (QED) is 0.287. The van der Waals surface area contributed by atoms with Gasteiger partial charge in [0.05, 0.1) is 24.6 Å². The van der Waals surface area contributed by atoms with Gasteiger partial charge >= 0.3 is 5.97 Å². The van der Waals surface area contributed by atoms with Gasteiger partial charge in [-0.05, 0) is 31.2 Å². The van der Waals surface area contributed by atoms with Gasteiger partial charge in [-0.15, -0.1) is 0 Å². The van der Waals surface area contributed by atoms with Gasteiger partial charge in [-0.3, -0.25) is 0 Å². The first kappa shape index (κ1) is 24.5. The molecule has 2 rings (SSSR count). The van der Waals surface area contributed by atoms with E-state index < -0.39 is 5.97 Å². The SMILES string of the molecule is CCCC=C(C(=O)O)c1ccc(-c2ncc(OCCCCOCCCCC)cn2)cc1. The second-order valence-corrected chi connectivity index (χ2v) is 7.41. The number of unbranched alkanes of at least 4 members (excludes halogenated alkanes) is 4. The number of carbonyl (C=O) groups is 1. The summed E-state index contributed by atoms with van der Waals surface area (Å²) in [7, 11) is 0. The van der Waals surface area contributed by atoms with Crippen LogP contribution in [0.25, 0.3) is 17.0 Å². The smallest absolute Gasteiger partial charge is 0.335 e. The van der Waals surface area contributed by atoms with Gasteiger partial charge in [0.25, 0.3) is 0 Å². The van der Waals surface area contributed by atoms with Crippen molar-refractivity contribution >= 4 is 11.5 Å². The number of ether oxygens (including phenoxy) is 2. The Labute approximate surface area is 185 Å². The normalized spacial score (nSPS) is 11.5. The van der Waals surface area contributed by atoms with Crippen LogP contribution >= 0.6 is 0 Å². The van der Waals surface area contributed by atoms with E-state index in [4.69, 9.17) is 9.47 Å². The number of carboxylic acid groups (broad SMARTS) is 1. The molecule has 2 aromatic rings. The Kier molecular flexibility index (Phi) is 11.3. The van der Waals surface area contributed by atoms with E-state index in [1.807, 2.05) is 19.1 Å². The number of allylic oxidation sites excluding steroid dienone is 1. The highest BCUT2D eigenvalue weighted by atomic mass is 16.5. The number of hydrogen-bond donors (Lipinski definition) is 1. The minimum Gasteiger partial charge on any atom is -0.490 e. The van der Waals surface area contributed by atoms with E-state index in [9.17, 15) is 9.90 Å². The van der Waals surface area contributed by atoms with Crippen LogP contribution in [-0.2, 0) is 9.53 Å². The largest absolute Gasteiger partial charge is 0.490 e. The fourth-order valence-electron chi connectivity index (χ4n) is 3.01. The molecule has 0 amide bonds. The third kappa shape index (κ3) is 8.89. The molecule has 0 saturated carbocycles. The van der Waals surface area contributed by atoms with Crippen LogP contribution in [0.15, 0.2) is 42.7 Å². The first-order chi connectivity index (χ1) is 15.2. The van der Waals surface area contributed by atoms with Gasteiger partial charge in [0.2, 0.25) is 0 Å². The molecule has 1 aromatic heterocycles. The van der Waals surface area contributed by atoms with Crippen LogP contribution in [0.4, 0.5) is 0 Å². The minimum atomic E-state index is -0.915. The Morgan fingerprint density at radius 1 is 0.935 bits per heavy atom. The Morgan fingerprint density at radius 2 is 1.58 bits per heavy atom. The number of aliphatic carboxylic acids is 1. The van der Waals surface area contributed by atoms with Crippen molar-refractivity contribution in [1.29, 1.82) is 0 Å². The molecule has 1 heterocycles. The van der Waals surface area contributed by atoms with Crippen molar-refractivity contribution in [3.63, 3.8) is 0 Å². The highest BCUT2D eigenvalue weighted by Crippen LogP contribution is 2.22. The highest BCUT2D eigenvalue weighted by molar-refractivity contribution is 6.15. The molecule has 168 valence electrons. The Balaban J connectivity index is 1.80. The average Bonchev–Trinajstić information content (AvgIpc) is 2.79. The van der Waals surface area contributed by atoms with Crippen molar-refractivity contribution in [3.8, 4) is 17.1 Å². The van der Waals surface area contributed by atoms with Gasteiger partial charge in [-0.2, -0.15) is 0 Å². The maximum absolute atomic E-state index is 11.5. The molecular weight excluding hydrogens is 392 g/mol. The van der Waals surface area contributed by atoms with E-state index in [0.29, 0.717) is 29.3 Å². The number of rotatable bonds is 15. The predicted molar refractivity (Wildman–Crippen MR) is 123 cm³/mol. The van der Waals surface area contributed by atoms with E-state index >= 15 is 0 Å². The highest BCUT2D eigenvalue weighted by Gasteiger charge is 2.10. The van der Waals surface area contributed by atoms with Gasteiger partial charge in [-0.25, -0.2) is 14.8 Å². The number of aromatic nitrogens is 2. The second kappa shape index (κ2) is 14.3. The van der Waals surface area contributed by atoms with Crippen LogP contribution in [0.2, 0.25) is 0 Å². The van der Waals surface area contributed by atoms with Crippen molar-refractivity contribution in [3.05, 3.63) is 48.3 Å². The Hall–Kier alpha value is -2.73. The fourth-order valence-corrected chi connectivity index (χ4v) is 3.01. The van der Waals surface area contributed by atoms with Crippen LogP contribution in [0.1, 0.15) is 64.4 Å². The molecule has 0 aliphatic carbocycles. The van der Waals surface area contributed by atoms with Crippen molar-refractivity contribution in [1.82, 2.24) is 9.97 Å². The van der Waals surface area contributed by atoms with E-state index in [0.717, 1.165) is 50.9 Å². The van der Waals surface area contributed by atoms with Gasteiger partial charge in [0, 0.05) is 18.8 Å². The Morgan fingerprint density at radius 3 is 2.19 bits per heavy atom. The van der Waals surface area contributed by atoms with Crippen LogP contribution in [0.3, 0.4) is 0 Å². The lowest BCUT2D eigenvalue weighted by molar-refractivity contribution is -0.130. The minimum absolute atomic E-state index is 0.324. The summed E-state index contributed by atoms with van der Waals surface area (Å²) in [5, 5.41) is 9.42. The Bertz CT molecular complexity index is 801. The van der Waals surface area contributed by atoms with Crippen molar-refractivity contribution in [2.75, 3.05) is 19.8 Å². The molecule has 6 heteroatoms. The number of hydrogen-bond acceptors (Lipinski definition) is 5. The van der Waals surface area contributed by atoms with Gasteiger partial charge < -0.3 is 14.6 Å². The summed E-state index contributed by atoms with van der Waals surface area (Å²) in [4.78, 5) is 20.2. The second-order valence-electron chi connectivity index (χ2n) is 7.41. The fraction of sp³-hybridized carbons (Fsp3) is 0.480. The van der Waals surface area contributed by atoms with Crippen LogP contribution < -0.4 is 4.74 Å². The molecule has 6 nitrogen and oxygen atoms in total. The molecule has 0 aliphatic heterocycles. The maximum Gasteiger partial charge on any atom is 0.335 e. The third-order valence-corrected chi connectivity index (χ3v) is 4.79. The molecule has 0 bridgehead atoms. The summed E-state index contributed by atoms with van der Waals surface area (Å²) >= 11 is 0. The van der Waals surface area contributed by atoms with E-state index in [-0.39, 0.29) is 0 Å². The van der Waals surface area contributed by atoms with Crippen LogP contribution in [0.5, 0.6) is 5.75 Å². The first-order valence-corrected chi connectivity index (χ1v) is 11.2. The lowest BCUT2D eigenvalue weighted by Gasteiger charge is -2.08. The molecule has 0 unspecified atom stereocenters. The number of carboxylic acids is 1. The van der Waals surface area contributed by atoms with E-state index in [2.05, 4.69) is 16.9 Å². The molecule has 0 aliphatic rings. The van der Waals surface area contributed by atoms with Crippen molar-refractivity contribution in [2.24, 2.45) is 0 Å². The summed E-state index contributed by atoms with van der Waals surface area (Å²) in [5.74, 6) is 0.302. The summed E-state index contributed by atoms with van der Waals surface area (Å²) in [5.41, 5.74) is 1.83. The predicted octanol–water partition coefficient (Wildman–Crippen LogP) is 5.78. The average molecular weight is 427 g/mol. The van der Waals surface area contributed by atoms with Gasteiger partial charge in [0.15, 0.2) is 11.6 Å². The zero-order valence-electron chi connectivity index (χ0n) is 18.7. The topological polar surface area (TPSA) is 81.5 Å². The lowest BCUT2D eigenvalue weighted by Crippen LogP contribution is -2.02. The maximum atomic E-state index is 11.5. The molecule has 0 saturated heterocycles. The van der Waals surface area contributed by atoms with Crippen molar-refractivity contribution in [2.45, 2.75) is 58.8 Å². The molecule has 1 N–H and O–H groups in total. The van der Waals surface area contributed by atoms with E-state index in [1.54, 1.807) is 30.6 Å². The van der Waals surface area contributed by atoms with Crippen molar-refractivity contribution < 1.29 is 19.4 Å². The number of nitrogens with zero attached hydrogens (tertiary/aromatic N) is 2. The molecular formula is C25H34N2O4. The summed E-state index contributed by atoms with van der Waals surface area (Å²) in [6.07, 6.45) is 12.2. The van der Waals surface area contributed by atoms with Gasteiger partial charge in [0.1, 0.15) is 0 Å². The molecule has 31 heavy (non-hydrogen) atoms. The third-order valence-electron chi connectivity index (χ3n) is 4.79. The standard InChI is InChI=1S/C25H34N2O4/c1-3-5-7-15-30-16-8-9-17-31-22-18-26-24(27-19-22)21-13-11-20(12-14-21)23(25(28)29)10-6-4-2/h10-14,18-19H,3-9,15-17H2,1-2H3,(H,28,29). The molecule has 0 fully saturated rings. The molecule has 1 aromatic carbocycles. The molecule has 0 atom stereocenters. The van der Waals surface area contributed by atoms with Gasteiger partial charge in [-0.1, -0.05) is 63.5 Å². The first-order valence-electron chi connectivity index (χ1n) is 11.2. The van der Waals surface area contributed by atoms with Crippen LogP contribution in [0, 0.1) is 0 Å². The monoisotopic (exact) mass is 426 g/mol. The summed E-state index contributed by atoms with van der Waals surface area (Å²) < 4.78 is 11.3. The zero-order chi connectivity index (χ0) is 22.3. The van der Waals surface area contributed by atoms with Crippen LogP contribution in [-0.4, -0.2) is 40.9 Å². The zero-order valence-corrected chi connectivity index (χ0v) is 18.7. The van der Waals surface area contributed by atoms with E-state index in [1.165, 1.54) is 12.8 Å². The molecule has 0 spiro atoms. The number of benzene rings is 1.